The molecule has 1 fully saturated rings. The summed E-state index contributed by atoms with van der Waals surface area (Å²) in [5.41, 5.74) is 1.02. The second kappa shape index (κ2) is 3.30. The molecule has 13 heavy (non-hydrogen) atoms. The normalized spacial score (nSPS) is 16.8. The first-order valence-electron chi connectivity index (χ1n) is 4.49. The molecule has 4 nitrogen and oxygen atoms in total. The first kappa shape index (κ1) is 8.44. The Morgan fingerprint density at radius 1 is 1.46 bits per heavy atom. The lowest BCUT2D eigenvalue weighted by molar-refractivity contribution is 0.426. The van der Waals surface area contributed by atoms with Crippen LogP contribution in [0.15, 0.2) is 12.4 Å². The smallest absolute Gasteiger partial charge is 0.132 e. The number of nitrogens with zero attached hydrogens (tertiary/aromatic N) is 3. The Morgan fingerprint density at radius 2 is 2.23 bits per heavy atom. The van der Waals surface area contributed by atoms with Gasteiger partial charge in [-0.25, -0.2) is 9.97 Å². The summed E-state index contributed by atoms with van der Waals surface area (Å²) < 4.78 is 0. The third-order valence-electron chi connectivity index (χ3n) is 2.46. The predicted molar refractivity (Wildman–Crippen MR) is 51.8 cm³/mol. The van der Waals surface area contributed by atoms with Crippen LogP contribution in [0.25, 0.3) is 0 Å². The number of hydrogen-bond donors (Lipinski definition) is 1. The van der Waals surface area contributed by atoms with E-state index in [2.05, 4.69) is 27.2 Å². The van der Waals surface area contributed by atoms with Crippen molar-refractivity contribution in [2.24, 2.45) is 0 Å². The molecule has 1 aliphatic rings. The Labute approximate surface area is 78.0 Å². The number of aromatic nitrogens is 2. The lowest BCUT2D eigenvalue weighted by Crippen LogP contribution is -2.56. The molecule has 0 saturated carbocycles. The van der Waals surface area contributed by atoms with Gasteiger partial charge in [-0.05, 0) is 6.92 Å². The van der Waals surface area contributed by atoms with Gasteiger partial charge in [-0.2, -0.15) is 0 Å². The lowest BCUT2D eigenvalue weighted by Gasteiger charge is -2.36. The Bertz CT molecular complexity index is 295. The second-order valence-electron chi connectivity index (χ2n) is 3.44. The van der Waals surface area contributed by atoms with E-state index >= 15 is 0 Å². The van der Waals surface area contributed by atoms with Crippen molar-refractivity contribution in [3.8, 4) is 0 Å². The summed E-state index contributed by atoms with van der Waals surface area (Å²) in [6, 6.07) is 2.60. The van der Waals surface area contributed by atoms with E-state index in [4.69, 9.17) is 0 Å². The van der Waals surface area contributed by atoms with Gasteiger partial charge in [-0.1, -0.05) is 0 Å². The van der Waals surface area contributed by atoms with Crippen LogP contribution < -0.4 is 10.2 Å². The molecule has 1 saturated heterocycles. The topological polar surface area (TPSA) is 41.0 Å². The van der Waals surface area contributed by atoms with Gasteiger partial charge in [0.05, 0.1) is 6.04 Å². The maximum atomic E-state index is 4.23. The maximum absolute atomic E-state index is 4.23. The molecule has 0 aliphatic carbocycles. The van der Waals surface area contributed by atoms with Crippen LogP contribution in [0.5, 0.6) is 0 Å². The van der Waals surface area contributed by atoms with Crippen LogP contribution in [-0.4, -0.2) is 36.1 Å². The molecule has 0 aromatic carbocycles. The lowest BCUT2D eigenvalue weighted by atomic mass is 10.1. The van der Waals surface area contributed by atoms with Gasteiger partial charge in [-0.15, -0.1) is 0 Å². The largest absolute Gasteiger partial charge is 0.354 e. The van der Waals surface area contributed by atoms with Crippen molar-refractivity contribution in [1.29, 1.82) is 0 Å². The molecule has 4 heteroatoms. The molecule has 0 amide bonds. The molecule has 1 aliphatic heterocycles. The molecule has 2 rings (SSSR count). The number of hydrogen-bond acceptors (Lipinski definition) is 4. The summed E-state index contributed by atoms with van der Waals surface area (Å²) in [6.07, 6.45) is 1.62. The highest BCUT2D eigenvalue weighted by atomic mass is 15.3. The number of anilines is 1. The van der Waals surface area contributed by atoms with Crippen molar-refractivity contribution < 1.29 is 0 Å². The Balaban J connectivity index is 2.14. The summed E-state index contributed by atoms with van der Waals surface area (Å²) in [5.74, 6) is 1.01. The van der Waals surface area contributed by atoms with Crippen molar-refractivity contribution in [2.75, 3.05) is 25.0 Å². The molecule has 0 radical (unpaired) electrons. The van der Waals surface area contributed by atoms with Crippen LogP contribution in [0, 0.1) is 6.92 Å². The zero-order chi connectivity index (χ0) is 9.26. The first-order chi connectivity index (χ1) is 6.27. The minimum atomic E-state index is 0.592. The third-order valence-corrected chi connectivity index (χ3v) is 2.46. The van der Waals surface area contributed by atoms with E-state index in [1.807, 2.05) is 13.0 Å². The molecule has 2 heterocycles. The van der Waals surface area contributed by atoms with Crippen molar-refractivity contribution >= 4 is 5.82 Å². The molecule has 0 atom stereocenters. The zero-order valence-corrected chi connectivity index (χ0v) is 7.99. The maximum Gasteiger partial charge on any atom is 0.132 e. The van der Waals surface area contributed by atoms with Crippen LogP contribution in [0.1, 0.15) is 5.69 Å². The van der Waals surface area contributed by atoms with E-state index < -0.39 is 0 Å². The van der Waals surface area contributed by atoms with Gasteiger partial charge >= 0.3 is 0 Å². The number of nitrogens with one attached hydrogen (secondary N) is 1. The monoisotopic (exact) mass is 178 g/mol. The molecular formula is C9H14N4. The van der Waals surface area contributed by atoms with E-state index in [1.54, 1.807) is 6.33 Å². The van der Waals surface area contributed by atoms with Gasteiger partial charge < -0.3 is 10.2 Å². The van der Waals surface area contributed by atoms with Crippen molar-refractivity contribution in [1.82, 2.24) is 15.3 Å². The van der Waals surface area contributed by atoms with Crippen LogP contribution in [0.2, 0.25) is 0 Å². The number of likely N-dealkylation sites (N-methyl/N-ethyl adjacent to an activating group) is 1. The SMILES string of the molecule is Cc1cc(N(C)C2CNC2)ncn1. The first-order valence-corrected chi connectivity index (χ1v) is 4.49. The van der Waals surface area contributed by atoms with Crippen LogP contribution in [0.4, 0.5) is 5.82 Å². The molecule has 1 aromatic rings. The molecule has 1 N–H and O–H groups in total. The highest BCUT2D eigenvalue weighted by Gasteiger charge is 2.22. The van der Waals surface area contributed by atoms with Crippen molar-refractivity contribution in [3.63, 3.8) is 0 Å². The van der Waals surface area contributed by atoms with E-state index in [1.165, 1.54) is 0 Å². The average molecular weight is 178 g/mol. The second-order valence-corrected chi connectivity index (χ2v) is 3.44. The summed E-state index contributed by atoms with van der Waals surface area (Å²) in [6.45, 7) is 4.09. The van der Waals surface area contributed by atoms with E-state index in [-0.39, 0.29) is 0 Å². The number of rotatable bonds is 2. The fraction of sp³-hybridized carbons (Fsp3) is 0.556. The van der Waals surface area contributed by atoms with Gasteiger partial charge in [0, 0.05) is 31.9 Å². The van der Waals surface area contributed by atoms with Gasteiger partial charge in [0.15, 0.2) is 0 Å². The summed E-state index contributed by atoms with van der Waals surface area (Å²) >= 11 is 0. The summed E-state index contributed by atoms with van der Waals surface area (Å²) in [4.78, 5) is 10.5. The minimum Gasteiger partial charge on any atom is -0.354 e. The van der Waals surface area contributed by atoms with Crippen LogP contribution >= 0.6 is 0 Å². The Kier molecular flexibility index (Phi) is 2.14. The Hall–Kier alpha value is -1.16. The summed E-state index contributed by atoms with van der Waals surface area (Å²) in [5, 5.41) is 3.24. The molecular weight excluding hydrogens is 164 g/mol. The van der Waals surface area contributed by atoms with E-state index in [0.29, 0.717) is 6.04 Å². The van der Waals surface area contributed by atoms with E-state index in [0.717, 1.165) is 24.6 Å². The van der Waals surface area contributed by atoms with Gasteiger partial charge in [0.2, 0.25) is 0 Å². The molecule has 1 aromatic heterocycles. The fourth-order valence-corrected chi connectivity index (χ4v) is 1.37. The van der Waals surface area contributed by atoms with Gasteiger partial charge in [0.1, 0.15) is 12.1 Å². The van der Waals surface area contributed by atoms with Crippen LogP contribution in [-0.2, 0) is 0 Å². The molecule has 70 valence electrons. The zero-order valence-electron chi connectivity index (χ0n) is 7.99. The van der Waals surface area contributed by atoms with Crippen molar-refractivity contribution in [3.05, 3.63) is 18.1 Å². The standard InChI is InChI=1S/C9H14N4/c1-7-3-9(12-6-11-7)13(2)8-4-10-5-8/h3,6,8,10H,4-5H2,1-2H3. The molecule has 0 unspecified atom stereocenters. The predicted octanol–water partition coefficient (Wildman–Crippen LogP) is 0.193. The highest BCUT2D eigenvalue weighted by Crippen LogP contribution is 2.13. The quantitative estimate of drug-likeness (QED) is 0.702. The minimum absolute atomic E-state index is 0.592. The Morgan fingerprint density at radius 3 is 2.77 bits per heavy atom. The molecule has 0 bridgehead atoms. The fourth-order valence-electron chi connectivity index (χ4n) is 1.37. The average Bonchev–Trinajstić information content (AvgIpc) is 2.01. The highest BCUT2D eigenvalue weighted by molar-refractivity contribution is 5.39. The van der Waals surface area contributed by atoms with Crippen LogP contribution in [0.3, 0.4) is 0 Å². The summed E-state index contributed by atoms with van der Waals surface area (Å²) in [7, 11) is 2.08. The number of aryl methyl sites for hydroxylation is 1. The third kappa shape index (κ3) is 1.62. The van der Waals surface area contributed by atoms with Gasteiger partial charge in [-0.3, -0.25) is 0 Å². The van der Waals surface area contributed by atoms with E-state index in [9.17, 15) is 0 Å². The molecule has 0 spiro atoms. The van der Waals surface area contributed by atoms with Crippen molar-refractivity contribution in [2.45, 2.75) is 13.0 Å². The van der Waals surface area contributed by atoms with Gasteiger partial charge in [0.25, 0.3) is 0 Å².